The summed E-state index contributed by atoms with van der Waals surface area (Å²) in [7, 11) is 3.09. The standard InChI is InChI=1S/C13H17FN2O4/c1-16(5-7(17)6-20-2)11-4-10-8(3-9(11)14)12(18)13(19)15-10/h3-4,7,12,17-18H,5-6H2,1-2H3,(H,15,19). The van der Waals surface area contributed by atoms with Crippen LogP contribution >= 0.6 is 0 Å². The van der Waals surface area contributed by atoms with Gasteiger partial charge in [-0.05, 0) is 12.1 Å². The number of rotatable bonds is 5. The van der Waals surface area contributed by atoms with Gasteiger partial charge >= 0.3 is 0 Å². The Labute approximate surface area is 115 Å². The second-order valence-electron chi connectivity index (χ2n) is 4.77. The number of nitrogens with zero attached hydrogens (tertiary/aromatic N) is 1. The molecule has 7 heteroatoms. The lowest BCUT2D eigenvalue weighted by molar-refractivity contribution is -0.123. The average Bonchev–Trinajstić information content (AvgIpc) is 2.65. The molecule has 1 aromatic rings. The summed E-state index contributed by atoms with van der Waals surface area (Å²) in [6.07, 6.45) is -2.09. The van der Waals surface area contributed by atoms with E-state index in [0.717, 1.165) is 6.07 Å². The predicted molar refractivity (Wildman–Crippen MR) is 71.1 cm³/mol. The minimum atomic E-state index is -1.34. The van der Waals surface area contributed by atoms with Crippen molar-refractivity contribution in [2.24, 2.45) is 0 Å². The summed E-state index contributed by atoms with van der Waals surface area (Å²) in [4.78, 5) is 12.9. The summed E-state index contributed by atoms with van der Waals surface area (Å²) in [6.45, 7) is 0.326. The van der Waals surface area contributed by atoms with E-state index in [-0.39, 0.29) is 24.4 Å². The molecule has 0 saturated heterocycles. The first-order valence-corrected chi connectivity index (χ1v) is 6.14. The van der Waals surface area contributed by atoms with E-state index in [1.807, 2.05) is 0 Å². The van der Waals surface area contributed by atoms with Crippen LogP contribution in [0.4, 0.5) is 15.8 Å². The number of anilines is 2. The lowest BCUT2D eigenvalue weighted by Gasteiger charge is -2.23. The number of aliphatic hydroxyl groups excluding tert-OH is 2. The normalized spacial score (nSPS) is 18.6. The fourth-order valence-electron chi connectivity index (χ4n) is 2.21. The van der Waals surface area contributed by atoms with Crippen LogP contribution in [0.3, 0.4) is 0 Å². The van der Waals surface area contributed by atoms with Crippen molar-refractivity contribution in [2.45, 2.75) is 12.2 Å². The Kier molecular flexibility index (Phi) is 4.22. The molecule has 1 heterocycles. The highest BCUT2D eigenvalue weighted by Crippen LogP contribution is 2.35. The highest BCUT2D eigenvalue weighted by molar-refractivity contribution is 6.02. The van der Waals surface area contributed by atoms with Gasteiger partial charge in [-0.3, -0.25) is 4.79 Å². The van der Waals surface area contributed by atoms with E-state index in [1.54, 1.807) is 7.05 Å². The van der Waals surface area contributed by atoms with Gasteiger partial charge in [-0.2, -0.15) is 0 Å². The van der Waals surface area contributed by atoms with Gasteiger partial charge in [0.1, 0.15) is 5.82 Å². The van der Waals surface area contributed by atoms with Crippen molar-refractivity contribution < 1.29 is 24.1 Å². The van der Waals surface area contributed by atoms with Crippen molar-refractivity contribution in [3.8, 4) is 0 Å². The van der Waals surface area contributed by atoms with Crippen LogP contribution in [0, 0.1) is 5.82 Å². The number of aliphatic hydroxyl groups is 2. The third kappa shape index (κ3) is 2.74. The smallest absolute Gasteiger partial charge is 0.257 e. The fourth-order valence-corrected chi connectivity index (χ4v) is 2.21. The lowest BCUT2D eigenvalue weighted by Crippen LogP contribution is -2.32. The lowest BCUT2D eigenvalue weighted by atomic mass is 10.1. The number of likely N-dealkylation sites (N-methyl/N-ethyl adjacent to an activating group) is 1. The zero-order chi connectivity index (χ0) is 14.9. The van der Waals surface area contributed by atoms with Crippen LogP contribution in [-0.4, -0.2) is 49.5 Å². The third-order valence-electron chi connectivity index (χ3n) is 3.17. The molecule has 0 radical (unpaired) electrons. The number of carbonyl (C=O) groups excluding carboxylic acids is 1. The predicted octanol–water partition coefficient (Wildman–Crippen LogP) is 0.255. The Hall–Kier alpha value is -1.70. The minimum absolute atomic E-state index is 0.145. The van der Waals surface area contributed by atoms with Crippen molar-refractivity contribution in [2.75, 3.05) is 37.5 Å². The number of hydrogen-bond acceptors (Lipinski definition) is 5. The molecular formula is C13H17FN2O4. The molecule has 1 aromatic carbocycles. The molecule has 0 spiro atoms. The molecule has 3 N–H and O–H groups in total. The molecule has 2 atom stereocenters. The Bertz CT molecular complexity index is 523. The van der Waals surface area contributed by atoms with Crippen LogP contribution in [0.5, 0.6) is 0 Å². The van der Waals surface area contributed by atoms with Gasteiger partial charge in [0.15, 0.2) is 6.10 Å². The average molecular weight is 284 g/mol. The highest BCUT2D eigenvalue weighted by Gasteiger charge is 2.30. The van der Waals surface area contributed by atoms with Crippen LogP contribution in [0.1, 0.15) is 11.7 Å². The van der Waals surface area contributed by atoms with Gasteiger partial charge in [0, 0.05) is 32.0 Å². The number of carbonyl (C=O) groups is 1. The van der Waals surface area contributed by atoms with Gasteiger partial charge in [-0.25, -0.2) is 4.39 Å². The van der Waals surface area contributed by atoms with Crippen molar-refractivity contribution in [1.82, 2.24) is 0 Å². The number of hydrogen-bond donors (Lipinski definition) is 3. The number of halogens is 1. The Morgan fingerprint density at radius 1 is 1.55 bits per heavy atom. The second-order valence-corrected chi connectivity index (χ2v) is 4.77. The van der Waals surface area contributed by atoms with Crippen molar-refractivity contribution >= 4 is 17.3 Å². The first-order valence-electron chi connectivity index (χ1n) is 6.14. The van der Waals surface area contributed by atoms with Gasteiger partial charge in [-0.1, -0.05) is 0 Å². The first-order chi connectivity index (χ1) is 9.43. The van der Waals surface area contributed by atoms with E-state index in [4.69, 9.17) is 4.74 Å². The quantitative estimate of drug-likeness (QED) is 0.722. The van der Waals surface area contributed by atoms with Crippen molar-refractivity contribution in [1.29, 1.82) is 0 Å². The van der Waals surface area contributed by atoms with Crippen LogP contribution < -0.4 is 10.2 Å². The molecule has 2 unspecified atom stereocenters. The Balaban J connectivity index is 2.22. The number of ether oxygens (including phenoxy) is 1. The molecule has 1 aliphatic heterocycles. The molecule has 6 nitrogen and oxygen atoms in total. The molecule has 110 valence electrons. The molecule has 0 bridgehead atoms. The number of nitrogens with one attached hydrogen (secondary N) is 1. The van der Waals surface area contributed by atoms with E-state index in [1.165, 1.54) is 18.1 Å². The Morgan fingerprint density at radius 2 is 2.25 bits per heavy atom. The minimum Gasteiger partial charge on any atom is -0.389 e. The molecule has 0 saturated carbocycles. The number of methoxy groups -OCH3 is 1. The summed E-state index contributed by atoms with van der Waals surface area (Å²) in [5.41, 5.74) is 0.836. The van der Waals surface area contributed by atoms with Gasteiger partial charge in [0.25, 0.3) is 5.91 Å². The number of fused-ring (bicyclic) bond motifs is 1. The van der Waals surface area contributed by atoms with E-state index in [9.17, 15) is 19.4 Å². The summed E-state index contributed by atoms with van der Waals surface area (Å²) >= 11 is 0. The maximum atomic E-state index is 14.0. The molecule has 1 aliphatic rings. The summed E-state index contributed by atoms with van der Waals surface area (Å²) in [5.74, 6) is -1.13. The maximum Gasteiger partial charge on any atom is 0.257 e. The zero-order valence-corrected chi connectivity index (χ0v) is 11.3. The van der Waals surface area contributed by atoms with Crippen LogP contribution in [0.15, 0.2) is 12.1 Å². The molecule has 2 rings (SSSR count). The summed E-state index contributed by atoms with van der Waals surface area (Å²) < 4.78 is 18.8. The summed E-state index contributed by atoms with van der Waals surface area (Å²) in [6, 6.07) is 2.57. The van der Waals surface area contributed by atoms with E-state index in [2.05, 4.69) is 5.32 Å². The largest absolute Gasteiger partial charge is 0.389 e. The van der Waals surface area contributed by atoms with Gasteiger partial charge in [0.2, 0.25) is 0 Å². The summed E-state index contributed by atoms with van der Waals surface area (Å²) in [5, 5.41) is 21.7. The van der Waals surface area contributed by atoms with Gasteiger partial charge in [0.05, 0.1) is 18.4 Å². The highest BCUT2D eigenvalue weighted by atomic mass is 19.1. The fraction of sp³-hybridized carbons (Fsp3) is 0.462. The SMILES string of the molecule is COCC(O)CN(C)c1cc2c(cc1F)C(O)C(=O)N2. The van der Waals surface area contributed by atoms with Crippen LogP contribution in [-0.2, 0) is 9.53 Å². The number of benzene rings is 1. The number of amides is 1. The molecular weight excluding hydrogens is 267 g/mol. The van der Waals surface area contributed by atoms with E-state index in [0.29, 0.717) is 5.69 Å². The first kappa shape index (κ1) is 14.7. The van der Waals surface area contributed by atoms with Gasteiger partial charge < -0.3 is 25.2 Å². The molecule has 0 fully saturated rings. The Morgan fingerprint density at radius 3 is 2.90 bits per heavy atom. The monoisotopic (exact) mass is 284 g/mol. The molecule has 20 heavy (non-hydrogen) atoms. The van der Waals surface area contributed by atoms with Crippen molar-refractivity contribution in [3.63, 3.8) is 0 Å². The van der Waals surface area contributed by atoms with Crippen molar-refractivity contribution in [3.05, 3.63) is 23.5 Å². The molecule has 0 aromatic heterocycles. The topological polar surface area (TPSA) is 82.0 Å². The molecule has 1 amide bonds. The van der Waals surface area contributed by atoms with E-state index < -0.39 is 23.9 Å². The van der Waals surface area contributed by atoms with Crippen LogP contribution in [0.25, 0.3) is 0 Å². The zero-order valence-electron chi connectivity index (χ0n) is 11.3. The van der Waals surface area contributed by atoms with E-state index >= 15 is 0 Å². The maximum absolute atomic E-state index is 14.0. The second kappa shape index (κ2) is 5.74. The van der Waals surface area contributed by atoms with Crippen LogP contribution in [0.2, 0.25) is 0 Å². The van der Waals surface area contributed by atoms with Gasteiger partial charge in [-0.15, -0.1) is 0 Å². The third-order valence-corrected chi connectivity index (χ3v) is 3.17. The molecule has 0 aliphatic carbocycles.